The molecule has 2 aromatic rings. The lowest BCUT2D eigenvalue weighted by molar-refractivity contribution is 0.596. The van der Waals surface area contributed by atoms with Crippen molar-refractivity contribution >= 4 is 47.2 Å². The molecule has 0 saturated heterocycles. The van der Waals surface area contributed by atoms with Crippen molar-refractivity contribution in [1.29, 1.82) is 0 Å². The van der Waals surface area contributed by atoms with Gasteiger partial charge in [-0.15, -0.1) is 11.3 Å². The summed E-state index contributed by atoms with van der Waals surface area (Å²) in [5.74, 6) is 0.176. The van der Waals surface area contributed by atoms with E-state index in [1.54, 1.807) is 11.3 Å². The van der Waals surface area contributed by atoms with Gasteiger partial charge in [-0.2, -0.15) is 0 Å². The summed E-state index contributed by atoms with van der Waals surface area (Å²) >= 11 is 5.32. The Morgan fingerprint density at radius 3 is 2.72 bits per heavy atom. The minimum absolute atomic E-state index is 0.176. The Kier molecular flexibility index (Phi) is 4.42. The maximum atomic E-state index is 11.0. The molecule has 1 heterocycles. The summed E-state index contributed by atoms with van der Waals surface area (Å²) in [5.41, 5.74) is 0. The molecule has 1 aromatic carbocycles. The normalized spacial score (nSPS) is 12.1. The molecule has 0 aliphatic rings. The average Bonchev–Trinajstić information content (AvgIpc) is 2.62. The molecule has 0 bridgehead atoms. The highest BCUT2D eigenvalue weighted by Gasteiger charge is 2.09. The summed E-state index contributed by atoms with van der Waals surface area (Å²) < 4.78 is 24.4. The number of thiophene rings is 1. The third-order valence-corrected chi connectivity index (χ3v) is 5.82. The van der Waals surface area contributed by atoms with Gasteiger partial charge in [0, 0.05) is 38.8 Å². The first-order valence-electron chi connectivity index (χ1n) is 5.52. The first-order chi connectivity index (χ1) is 8.47. The maximum Gasteiger partial charge on any atom is 0.148 e. The molecule has 1 aromatic heterocycles. The highest BCUT2D eigenvalue weighted by Crippen LogP contribution is 2.35. The molecular weight excluding hydrogens is 334 g/mol. The summed E-state index contributed by atoms with van der Waals surface area (Å²) in [4.78, 5) is 1.20. The molecule has 2 rings (SSSR count). The largest absolute Gasteiger partial charge is 0.311 e. The van der Waals surface area contributed by atoms with Gasteiger partial charge in [-0.05, 0) is 22.0 Å². The minimum Gasteiger partial charge on any atom is -0.311 e. The van der Waals surface area contributed by atoms with Crippen LogP contribution in [0.25, 0.3) is 10.1 Å². The van der Waals surface area contributed by atoms with Gasteiger partial charge in [0.25, 0.3) is 0 Å². The lowest BCUT2D eigenvalue weighted by Gasteiger charge is -2.02. The number of rotatable bonds is 5. The molecule has 0 radical (unpaired) electrons. The van der Waals surface area contributed by atoms with Crippen LogP contribution in [0.15, 0.2) is 28.7 Å². The third-order valence-electron chi connectivity index (χ3n) is 2.54. The second kappa shape index (κ2) is 5.69. The lowest BCUT2D eigenvalue weighted by atomic mass is 10.2. The van der Waals surface area contributed by atoms with E-state index in [1.807, 2.05) is 12.1 Å². The molecule has 0 fully saturated rings. The second-order valence-electron chi connectivity index (χ2n) is 4.14. The standard InChI is InChI=1S/C12H14BrNO2S2/c1-18(15,16)7-6-14-8-11-12(13)9-4-2-3-5-10(9)17-11/h2-5,14H,6-8H2,1H3. The fourth-order valence-electron chi connectivity index (χ4n) is 1.64. The van der Waals surface area contributed by atoms with Crippen molar-refractivity contribution in [3.63, 3.8) is 0 Å². The topological polar surface area (TPSA) is 46.2 Å². The van der Waals surface area contributed by atoms with Gasteiger partial charge in [0.05, 0.1) is 5.75 Å². The van der Waals surface area contributed by atoms with E-state index in [-0.39, 0.29) is 5.75 Å². The number of benzene rings is 1. The van der Waals surface area contributed by atoms with Gasteiger partial charge >= 0.3 is 0 Å². The number of halogens is 1. The van der Waals surface area contributed by atoms with Crippen LogP contribution >= 0.6 is 27.3 Å². The SMILES string of the molecule is CS(=O)(=O)CCNCc1sc2ccccc2c1Br. The molecule has 0 aliphatic carbocycles. The number of sulfone groups is 1. The Morgan fingerprint density at radius 1 is 1.33 bits per heavy atom. The summed E-state index contributed by atoms with van der Waals surface area (Å²) in [5, 5.41) is 4.37. The third kappa shape index (κ3) is 3.54. The molecule has 0 atom stereocenters. The van der Waals surface area contributed by atoms with Crippen LogP contribution < -0.4 is 5.32 Å². The van der Waals surface area contributed by atoms with Crippen molar-refractivity contribution in [2.24, 2.45) is 0 Å². The molecule has 0 saturated carbocycles. The van der Waals surface area contributed by atoms with E-state index in [9.17, 15) is 8.42 Å². The van der Waals surface area contributed by atoms with E-state index in [0.29, 0.717) is 13.1 Å². The molecular formula is C12H14BrNO2S2. The van der Waals surface area contributed by atoms with Crippen LogP contribution in [0.1, 0.15) is 4.88 Å². The van der Waals surface area contributed by atoms with Crippen molar-refractivity contribution in [1.82, 2.24) is 5.32 Å². The van der Waals surface area contributed by atoms with E-state index in [1.165, 1.54) is 21.2 Å². The van der Waals surface area contributed by atoms with Crippen LogP contribution in [0.2, 0.25) is 0 Å². The molecule has 1 N–H and O–H groups in total. The monoisotopic (exact) mass is 347 g/mol. The van der Waals surface area contributed by atoms with E-state index in [0.717, 1.165) is 4.47 Å². The minimum atomic E-state index is -2.88. The zero-order valence-corrected chi connectivity index (χ0v) is 13.2. The number of hydrogen-bond acceptors (Lipinski definition) is 4. The predicted molar refractivity (Wildman–Crippen MR) is 80.9 cm³/mol. The van der Waals surface area contributed by atoms with Crippen LogP contribution in [0.5, 0.6) is 0 Å². The van der Waals surface area contributed by atoms with Gasteiger partial charge < -0.3 is 5.32 Å². The Balaban J connectivity index is 2.02. The fourth-order valence-corrected chi connectivity index (χ4v) is 4.08. The lowest BCUT2D eigenvalue weighted by Crippen LogP contribution is -2.21. The van der Waals surface area contributed by atoms with E-state index >= 15 is 0 Å². The van der Waals surface area contributed by atoms with Crippen molar-refractivity contribution in [2.45, 2.75) is 6.54 Å². The Labute approximate surface area is 119 Å². The van der Waals surface area contributed by atoms with Crippen LogP contribution in [-0.4, -0.2) is 27.0 Å². The zero-order chi connectivity index (χ0) is 13.2. The van der Waals surface area contributed by atoms with Gasteiger partial charge in [0.1, 0.15) is 9.84 Å². The molecule has 18 heavy (non-hydrogen) atoms. The zero-order valence-electron chi connectivity index (χ0n) is 9.94. The summed E-state index contributed by atoms with van der Waals surface area (Å²) in [6, 6.07) is 8.20. The molecule has 0 amide bonds. The van der Waals surface area contributed by atoms with Crippen molar-refractivity contribution in [3.8, 4) is 0 Å². The molecule has 98 valence electrons. The van der Waals surface area contributed by atoms with Crippen LogP contribution in [0, 0.1) is 0 Å². The Bertz CT molecular complexity index is 649. The first kappa shape index (κ1) is 14.0. The average molecular weight is 348 g/mol. The maximum absolute atomic E-state index is 11.0. The van der Waals surface area contributed by atoms with Gasteiger partial charge in [0.2, 0.25) is 0 Å². The molecule has 0 aliphatic heterocycles. The fraction of sp³-hybridized carbons (Fsp3) is 0.333. The van der Waals surface area contributed by atoms with Crippen molar-refractivity contribution in [2.75, 3.05) is 18.6 Å². The highest BCUT2D eigenvalue weighted by atomic mass is 79.9. The molecule has 0 spiro atoms. The quantitative estimate of drug-likeness (QED) is 0.846. The second-order valence-corrected chi connectivity index (χ2v) is 8.33. The van der Waals surface area contributed by atoms with Crippen LogP contribution in [-0.2, 0) is 16.4 Å². The Morgan fingerprint density at radius 2 is 2.06 bits per heavy atom. The van der Waals surface area contributed by atoms with E-state index < -0.39 is 9.84 Å². The molecule has 0 unspecified atom stereocenters. The number of nitrogens with one attached hydrogen (secondary N) is 1. The van der Waals surface area contributed by atoms with Gasteiger partial charge in [-0.3, -0.25) is 0 Å². The van der Waals surface area contributed by atoms with E-state index in [2.05, 4.69) is 33.4 Å². The summed E-state index contributed by atoms with van der Waals surface area (Å²) in [6.07, 6.45) is 1.25. The van der Waals surface area contributed by atoms with Gasteiger partial charge in [0.15, 0.2) is 0 Å². The van der Waals surface area contributed by atoms with Crippen molar-refractivity contribution < 1.29 is 8.42 Å². The molecule has 3 nitrogen and oxygen atoms in total. The highest BCUT2D eigenvalue weighted by molar-refractivity contribution is 9.10. The smallest absolute Gasteiger partial charge is 0.148 e. The van der Waals surface area contributed by atoms with Crippen LogP contribution in [0.3, 0.4) is 0 Å². The molecule has 6 heteroatoms. The Hall–Kier alpha value is -0.430. The van der Waals surface area contributed by atoms with Gasteiger partial charge in [-0.25, -0.2) is 8.42 Å². The van der Waals surface area contributed by atoms with Crippen LogP contribution in [0.4, 0.5) is 0 Å². The predicted octanol–water partition coefficient (Wildman–Crippen LogP) is 2.80. The summed E-state index contributed by atoms with van der Waals surface area (Å²) in [7, 11) is -2.88. The number of hydrogen-bond donors (Lipinski definition) is 1. The van der Waals surface area contributed by atoms with Gasteiger partial charge in [-0.1, -0.05) is 18.2 Å². The van der Waals surface area contributed by atoms with E-state index in [4.69, 9.17) is 0 Å². The first-order valence-corrected chi connectivity index (χ1v) is 9.19. The number of fused-ring (bicyclic) bond motifs is 1. The summed E-state index contributed by atoms with van der Waals surface area (Å²) in [6.45, 7) is 1.18. The van der Waals surface area contributed by atoms with Crippen molar-refractivity contribution in [3.05, 3.63) is 33.6 Å².